The van der Waals surface area contributed by atoms with E-state index in [-0.39, 0.29) is 0 Å². The SMILES string of the molecule is CC/C=C/n1cncc1-c1ccccc1. The summed E-state index contributed by atoms with van der Waals surface area (Å²) in [5.74, 6) is 0. The molecule has 1 aromatic heterocycles. The molecule has 76 valence electrons. The molecule has 0 spiro atoms. The number of allylic oxidation sites excluding steroid dienone is 1. The van der Waals surface area contributed by atoms with Crippen LogP contribution in [0.1, 0.15) is 13.3 Å². The van der Waals surface area contributed by atoms with Crippen LogP contribution in [0.5, 0.6) is 0 Å². The highest BCUT2D eigenvalue weighted by atomic mass is 15.0. The Morgan fingerprint density at radius 2 is 2.07 bits per heavy atom. The molecule has 1 heterocycles. The average Bonchev–Trinajstić information content (AvgIpc) is 2.75. The Labute approximate surface area is 89.9 Å². The van der Waals surface area contributed by atoms with Crippen LogP contribution in [0.3, 0.4) is 0 Å². The first-order valence-corrected chi connectivity index (χ1v) is 5.15. The van der Waals surface area contributed by atoms with Crippen molar-refractivity contribution in [1.29, 1.82) is 0 Å². The molecule has 0 radical (unpaired) electrons. The van der Waals surface area contributed by atoms with Crippen molar-refractivity contribution in [3.63, 3.8) is 0 Å². The normalized spacial score (nSPS) is 11.0. The fraction of sp³-hybridized carbons (Fsp3) is 0.154. The molecule has 1 aromatic carbocycles. The molecule has 0 saturated carbocycles. The standard InChI is InChI=1S/C13H14N2/c1-2-3-9-15-11-14-10-13(15)12-7-5-4-6-8-12/h3-11H,2H2,1H3/b9-3+. The molecular weight excluding hydrogens is 184 g/mol. The van der Waals surface area contributed by atoms with Crippen LogP contribution in [0.2, 0.25) is 0 Å². The summed E-state index contributed by atoms with van der Waals surface area (Å²) in [6.45, 7) is 2.12. The number of hydrogen-bond acceptors (Lipinski definition) is 1. The maximum Gasteiger partial charge on any atom is 0.0992 e. The van der Waals surface area contributed by atoms with Crippen LogP contribution in [-0.2, 0) is 0 Å². The molecule has 0 aliphatic heterocycles. The quantitative estimate of drug-likeness (QED) is 0.738. The third kappa shape index (κ3) is 2.15. The molecule has 2 aromatic rings. The van der Waals surface area contributed by atoms with Gasteiger partial charge in [0.15, 0.2) is 0 Å². The Morgan fingerprint density at radius 1 is 1.27 bits per heavy atom. The summed E-state index contributed by atoms with van der Waals surface area (Å²) in [7, 11) is 0. The van der Waals surface area contributed by atoms with E-state index in [0.29, 0.717) is 0 Å². The topological polar surface area (TPSA) is 17.8 Å². The fourth-order valence-corrected chi connectivity index (χ4v) is 1.47. The molecule has 0 amide bonds. The van der Waals surface area contributed by atoms with Gasteiger partial charge < -0.3 is 4.57 Å². The minimum atomic E-state index is 1.03. The van der Waals surface area contributed by atoms with Gasteiger partial charge >= 0.3 is 0 Å². The second-order valence-corrected chi connectivity index (χ2v) is 3.35. The van der Waals surface area contributed by atoms with E-state index in [1.54, 1.807) is 0 Å². The van der Waals surface area contributed by atoms with Gasteiger partial charge in [0.2, 0.25) is 0 Å². The second-order valence-electron chi connectivity index (χ2n) is 3.35. The van der Waals surface area contributed by atoms with E-state index in [9.17, 15) is 0 Å². The summed E-state index contributed by atoms with van der Waals surface area (Å²) in [5, 5.41) is 0. The fourth-order valence-electron chi connectivity index (χ4n) is 1.47. The van der Waals surface area contributed by atoms with E-state index in [1.807, 2.05) is 35.3 Å². The molecule has 0 aliphatic carbocycles. The molecule has 0 bridgehead atoms. The molecule has 0 atom stereocenters. The van der Waals surface area contributed by atoms with Gasteiger partial charge in [0.1, 0.15) is 0 Å². The largest absolute Gasteiger partial charge is 0.306 e. The van der Waals surface area contributed by atoms with Crippen LogP contribution in [-0.4, -0.2) is 9.55 Å². The Hall–Kier alpha value is -1.83. The molecule has 0 fully saturated rings. The summed E-state index contributed by atoms with van der Waals surface area (Å²) in [6.07, 6.45) is 8.92. The van der Waals surface area contributed by atoms with Gasteiger partial charge in [-0.05, 0) is 6.42 Å². The highest BCUT2D eigenvalue weighted by molar-refractivity contribution is 5.61. The van der Waals surface area contributed by atoms with Gasteiger partial charge in [0, 0.05) is 11.8 Å². The third-order valence-electron chi connectivity index (χ3n) is 2.24. The highest BCUT2D eigenvalue weighted by Crippen LogP contribution is 2.18. The molecule has 0 saturated heterocycles. The smallest absolute Gasteiger partial charge is 0.0992 e. The lowest BCUT2D eigenvalue weighted by Crippen LogP contribution is -1.87. The summed E-state index contributed by atoms with van der Waals surface area (Å²) >= 11 is 0. The zero-order valence-electron chi connectivity index (χ0n) is 8.80. The molecule has 0 unspecified atom stereocenters. The summed E-state index contributed by atoms with van der Waals surface area (Å²) in [4.78, 5) is 4.16. The van der Waals surface area contributed by atoms with Crippen molar-refractivity contribution in [3.05, 3.63) is 48.9 Å². The van der Waals surface area contributed by atoms with Gasteiger partial charge in [-0.3, -0.25) is 0 Å². The monoisotopic (exact) mass is 198 g/mol. The summed E-state index contributed by atoms with van der Waals surface area (Å²) in [5.41, 5.74) is 2.32. The molecule has 2 heteroatoms. The number of aromatic nitrogens is 2. The highest BCUT2D eigenvalue weighted by Gasteiger charge is 2.00. The zero-order valence-corrected chi connectivity index (χ0v) is 8.80. The third-order valence-corrected chi connectivity index (χ3v) is 2.24. The molecule has 0 aliphatic rings. The summed E-state index contributed by atoms with van der Waals surface area (Å²) in [6, 6.07) is 10.3. The number of imidazole rings is 1. The first-order valence-electron chi connectivity index (χ1n) is 5.15. The first kappa shape index (κ1) is 9.71. The van der Waals surface area contributed by atoms with Gasteiger partial charge in [0.25, 0.3) is 0 Å². The number of benzene rings is 1. The number of nitrogens with zero attached hydrogens (tertiary/aromatic N) is 2. The van der Waals surface area contributed by atoms with Crippen molar-refractivity contribution in [3.8, 4) is 11.3 Å². The Morgan fingerprint density at radius 3 is 2.80 bits per heavy atom. The van der Waals surface area contributed by atoms with Crippen LogP contribution in [0.4, 0.5) is 0 Å². The molecular formula is C13H14N2. The Kier molecular flexibility index (Phi) is 2.98. The van der Waals surface area contributed by atoms with Crippen molar-refractivity contribution in [2.75, 3.05) is 0 Å². The molecule has 2 nitrogen and oxygen atoms in total. The van der Waals surface area contributed by atoms with Gasteiger partial charge in [-0.15, -0.1) is 0 Å². The first-order chi connectivity index (χ1) is 7.42. The van der Waals surface area contributed by atoms with Crippen molar-refractivity contribution in [2.24, 2.45) is 0 Å². The minimum absolute atomic E-state index is 1.03. The lowest BCUT2D eigenvalue weighted by atomic mass is 10.2. The zero-order chi connectivity index (χ0) is 10.5. The lowest BCUT2D eigenvalue weighted by molar-refractivity contribution is 1.12. The van der Waals surface area contributed by atoms with Crippen LogP contribution in [0, 0.1) is 0 Å². The molecule has 15 heavy (non-hydrogen) atoms. The predicted molar refractivity (Wildman–Crippen MR) is 63.3 cm³/mol. The van der Waals surface area contributed by atoms with Crippen LogP contribution in [0.15, 0.2) is 48.9 Å². The summed E-state index contributed by atoms with van der Waals surface area (Å²) < 4.78 is 2.04. The van der Waals surface area contributed by atoms with E-state index in [0.717, 1.165) is 12.1 Å². The Balaban J connectivity index is 2.37. The minimum Gasteiger partial charge on any atom is -0.306 e. The number of hydrogen-bond donors (Lipinski definition) is 0. The van der Waals surface area contributed by atoms with E-state index in [1.165, 1.54) is 5.56 Å². The van der Waals surface area contributed by atoms with E-state index < -0.39 is 0 Å². The van der Waals surface area contributed by atoms with Gasteiger partial charge in [-0.2, -0.15) is 0 Å². The average molecular weight is 198 g/mol. The van der Waals surface area contributed by atoms with Gasteiger partial charge in [0.05, 0.1) is 18.2 Å². The van der Waals surface area contributed by atoms with Gasteiger partial charge in [-0.25, -0.2) is 4.98 Å². The maximum atomic E-state index is 4.16. The predicted octanol–water partition coefficient (Wildman–Crippen LogP) is 3.43. The van der Waals surface area contributed by atoms with Gasteiger partial charge in [-0.1, -0.05) is 43.3 Å². The van der Waals surface area contributed by atoms with Crippen molar-refractivity contribution < 1.29 is 0 Å². The van der Waals surface area contributed by atoms with Crippen molar-refractivity contribution in [1.82, 2.24) is 9.55 Å². The molecule has 0 N–H and O–H groups in total. The number of rotatable bonds is 3. The van der Waals surface area contributed by atoms with E-state index in [2.05, 4.69) is 36.3 Å². The van der Waals surface area contributed by atoms with E-state index >= 15 is 0 Å². The second kappa shape index (κ2) is 4.60. The Bertz CT molecular complexity index is 441. The van der Waals surface area contributed by atoms with Crippen LogP contribution in [0.25, 0.3) is 17.5 Å². The molecule has 2 rings (SSSR count). The van der Waals surface area contributed by atoms with Crippen LogP contribution >= 0.6 is 0 Å². The van der Waals surface area contributed by atoms with E-state index in [4.69, 9.17) is 0 Å². The van der Waals surface area contributed by atoms with Crippen molar-refractivity contribution >= 4 is 6.20 Å². The van der Waals surface area contributed by atoms with Crippen LogP contribution < -0.4 is 0 Å². The lowest BCUT2D eigenvalue weighted by Gasteiger charge is -2.02. The maximum absolute atomic E-state index is 4.16. The van der Waals surface area contributed by atoms with Crippen molar-refractivity contribution in [2.45, 2.75) is 13.3 Å².